The summed E-state index contributed by atoms with van der Waals surface area (Å²) >= 11 is 18.1. The van der Waals surface area contributed by atoms with Crippen molar-refractivity contribution in [2.45, 2.75) is 31.1 Å². The van der Waals surface area contributed by atoms with Crippen LogP contribution >= 0.6 is 34.8 Å². The maximum atomic E-state index is 13.0. The lowest BCUT2D eigenvalue weighted by Gasteiger charge is -2.26. The number of nitrogens with one attached hydrogen (secondary N) is 2. The summed E-state index contributed by atoms with van der Waals surface area (Å²) in [5, 5.41) is 0.836. The molecule has 0 atom stereocenters. The van der Waals surface area contributed by atoms with Crippen LogP contribution in [0.5, 0.6) is 0 Å². The molecule has 0 radical (unpaired) electrons. The van der Waals surface area contributed by atoms with Crippen molar-refractivity contribution >= 4 is 56.4 Å². The van der Waals surface area contributed by atoms with Gasteiger partial charge in [0.2, 0.25) is 10.0 Å². The first-order valence-corrected chi connectivity index (χ1v) is 11.6. The molecule has 2 aromatic carbocycles. The van der Waals surface area contributed by atoms with Crippen LogP contribution in [-0.2, 0) is 10.0 Å². The molecule has 1 amide bonds. The first kappa shape index (κ1) is 22.2. The Labute approximate surface area is 185 Å². The largest absolute Gasteiger partial charge is 0.295 e. The Morgan fingerprint density at radius 3 is 2.24 bits per heavy atom. The average molecular weight is 477 g/mol. The van der Waals surface area contributed by atoms with Crippen molar-refractivity contribution in [1.29, 1.82) is 0 Å². The van der Waals surface area contributed by atoms with Gasteiger partial charge in [0, 0.05) is 23.7 Å². The first-order valence-electron chi connectivity index (χ1n) is 9.02. The standard InChI is InChI=1S/C19H20Cl3N3O3S/c1-12-5-6-13(9-17(12)29(27,28)25-7-3-2-4-8-25)19(26)24-23-18-15(21)10-14(20)11-16(18)22/h5-6,9-11,23H,2-4,7-8H2,1H3,(H,24,26). The van der Waals surface area contributed by atoms with Crippen LogP contribution in [0.4, 0.5) is 5.69 Å². The molecular formula is C19H20Cl3N3O3S. The normalized spacial score (nSPS) is 15.2. The van der Waals surface area contributed by atoms with Crippen molar-refractivity contribution in [1.82, 2.24) is 9.73 Å². The number of nitrogens with zero attached hydrogens (tertiary/aromatic N) is 1. The number of rotatable bonds is 5. The van der Waals surface area contributed by atoms with Gasteiger partial charge in [-0.1, -0.05) is 47.3 Å². The number of carbonyl (C=O) groups is 1. The van der Waals surface area contributed by atoms with E-state index in [1.54, 1.807) is 19.1 Å². The van der Waals surface area contributed by atoms with E-state index in [1.165, 1.54) is 22.5 Å². The zero-order valence-electron chi connectivity index (χ0n) is 15.6. The quantitative estimate of drug-likeness (QED) is 0.602. The van der Waals surface area contributed by atoms with Crippen molar-refractivity contribution in [2.24, 2.45) is 0 Å². The van der Waals surface area contributed by atoms with E-state index in [0.29, 0.717) is 29.4 Å². The molecule has 3 rings (SSSR count). The van der Waals surface area contributed by atoms with Crippen molar-refractivity contribution in [3.8, 4) is 0 Å². The van der Waals surface area contributed by atoms with E-state index in [4.69, 9.17) is 34.8 Å². The lowest BCUT2D eigenvalue weighted by Crippen LogP contribution is -2.36. The molecular weight excluding hydrogens is 457 g/mol. The smallest absolute Gasteiger partial charge is 0.269 e. The Morgan fingerprint density at radius 1 is 1.00 bits per heavy atom. The molecule has 0 unspecified atom stereocenters. The highest BCUT2D eigenvalue weighted by atomic mass is 35.5. The molecule has 0 aliphatic carbocycles. The van der Waals surface area contributed by atoms with Crippen LogP contribution in [0.2, 0.25) is 15.1 Å². The van der Waals surface area contributed by atoms with Crippen molar-refractivity contribution in [2.75, 3.05) is 18.5 Å². The number of aryl methyl sites for hydroxylation is 1. The number of halogens is 3. The van der Waals surface area contributed by atoms with Gasteiger partial charge in [-0.2, -0.15) is 4.31 Å². The van der Waals surface area contributed by atoms with Crippen LogP contribution in [0.15, 0.2) is 35.2 Å². The SMILES string of the molecule is Cc1ccc(C(=O)NNc2c(Cl)cc(Cl)cc2Cl)cc1S(=O)(=O)N1CCCCC1. The maximum Gasteiger partial charge on any atom is 0.269 e. The Bertz CT molecular complexity index is 1020. The van der Waals surface area contributed by atoms with E-state index in [0.717, 1.165) is 19.3 Å². The summed E-state index contributed by atoms with van der Waals surface area (Å²) in [4.78, 5) is 12.7. The molecule has 0 spiro atoms. The van der Waals surface area contributed by atoms with Gasteiger partial charge < -0.3 is 0 Å². The summed E-state index contributed by atoms with van der Waals surface area (Å²) in [5.74, 6) is -0.526. The number of hydrogen-bond donors (Lipinski definition) is 2. The summed E-state index contributed by atoms with van der Waals surface area (Å²) in [6.45, 7) is 2.70. The molecule has 1 fully saturated rings. The molecule has 10 heteroatoms. The van der Waals surface area contributed by atoms with Gasteiger partial charge >= 0.3 is 0 Å². The molecule has 1 saturated heterocycles. The monoisotopic (exact) mass is 475 g/mol. The second-order valence-corrected chi connectivity index (χ2v) is 9.93. The molecule has 29 heavy (non-hydrogen) atoms. The highest BCUT2D eigenvalue weighted by molar-refractivity contribution is 7.89. The molecule has 0 bridgehead atoms. The lowest BCUT2D eigenvalue weighted by atomic mass is 10.1. The number of hydrazine groups is 1. The second kappa shape index (κ2) is 9.10. The fourth-order valence-corrected chi connectivity index (χ4v) is 5.80. The van der Waals surface area contributed by atoms with E-state index in [2.05, 4.69) is 10.9 Å². The fraction of sp³-hybridized carbons (Fsp3) is 0.316. The number of sulfonamides is 1. The number of amides is 1. The molecule has 0 aromatic heterocycles. The first-order chi connectivity index (χ1) is 13.7. The Morgan fingerprint density at radius 2 is 1.62 bits per heavy atom. The van der Waals surface area contributed by atoms with Crippen LogP contribution in [0.25, 0.3) is 0 Å². The zero-order valence-corrected chi connectivity index (χ0v) is 18.7. The van der Waals surface area contributed by atoms with Crippen LogP contribution < -0.4 is 10.9 Å². The number of carbonyl (C=O) groups excluding carboxylic acids is 1. The summed E-state index contributed by atoms with van der Waals surface area (Å²) in [7, 11) is -3.66. The number of benzene rings is 2. The number of hydrogen-bond acceptors (Lipinski definition) is 4. The summed E-state index contributed by atoms with van der Waals surface area (Å²) < 4.78 is 27.5. The van der Waals surface area contributed by atoms with Gasteiger partial charge in [-0.05, 0) is 49.6 Å². The average Bonchev–Trinajstić information content (AvgIpc) is 2.68. The topological polar surface area (TPSA) is 78.5 Å². The predicted octanol–water partition coefficient (Wildman–Crippen LogP) is 4.89. The van der Waals surface area contributed by atoms with E-state index < -0.39 is 15.9 Å². The van der Waals surface area contributed by atoms with Gasteiger partial charge in [-0.3, -0.25) is 15.6 Å². The number of anilines is 1. The van der Waals surface area contributed by atoms with E-state index in [9.17, 15) is 13.2 Å². The van der Waals surface area contributed by atoms with Gasteiger partial charge in [0.1, 0.15) is 0 Å². The zero-order chi connectivity index (χ0) is 21.2. The fourth-order valence-electron chi connectivity index (χ4n) is 3.12. The molecule has 0 saturated carbocycles. The third-order valence-electron chi connectivity index (χ3n) is 4.69. The minimum Gasteiger partial charge on any atom is -0.295 e. The van der Waals surface area contributed by atoms with Crippen LogP contribution in [0.3, 0.4) is 0 Å². The molecule has 1 aliphatic rings. The van der Waals surface area contributed by atoms with Crippen molar-refractivity contribution in [3.63, 3.8) is 0 Å². The van der Waals surface area contributed by atoms with Gasteiger partial charge in [0.15, 0.2) is 0 Å². The summed E-state index contributed by atoms with van der Waals surface area (Å²) in [5.41, 5.74) is 6.22. The highest BCUT2D eigenvalue weighted by Gasteiger charge is 2.28. The minimum atomic E-state index is -3.66. The van der Waals surface area contributed by atoms with E-state index >= 15 is 0 Å². The van der Waals surface area contributed by atoms with Gasteiger partial charge in [-0.25, -0.2) is 8.42 Å². The van der Waals surface area contributed by atoms with Crippen LogP contribution in [-0.4, -0.2) is 31.7 Å². The third kappa shape index (κ3) is 4.98. The molecule has 1 heterocycles. The molecule has 1 aliphatic heterocycles. The lowest BCUT2D eigenvalue weighted by molar-refractivity contribution is 0.0962. The number of piperidine rings is 1. The van der Waals surface area contributed by atoms with E-state index in [1.807, 2.05) is 0 Å². The van der Waals surface area contributed by atoms with Gasteiger partial charge in [0.25, 0.3) is 5.91 Å². The Hall–Kier alpha value is -1.51. The molecule has 2 N–H and O–H groups in total. The minimum absolute atomic E-state index is 0.134. The van der Waals surface area contributed by atoms with Crippen molar-refractivity contribution in [3.05, 3.63) is 56.5 Å². The Balaban J connectivity index is 1.81. The third-order valence-corrected chi connectivity index (χ3v) is 7.55. The summed E-state index contributed by atoms with van der Waals surface area (Å²) in [6, 6.07) is 7.54. The molecule has 156 valence electrons. The second-order valence-electron chi connectivity index (χ2n) is 6.77. The molecule has 2 aromatic rings. The highest BCUT2D eigenvalue weighted by Crippen LogP contribution is 2.33. The molecule has 6 nitrogen and oxygen atoms in total. The van der Waals surface area contributed by atoms with Gasteiger partial charge in [0.05, 0.1) is 20.6 Å². The van der Waals surface area contributed by atoms with Gasteiger partial charge in [-0.15, -0.1) is 0 Å². The predicted molar refractivity (Wildman–Crippen MR) is 116 cm³/mol. The van der Waals surface area contributed by atoms with Crippen LogP contribution in [0, 0.1) is 6.92 Å². The maximum absolute atomic E-state index is 13.0. The van der Waals surface area contributed by atoms with E-state index in [-0.39, 0.29) is 20.5 Å². The Kier molecular flexibility index (Phi) is 6.96. The van der Waals surface area contributed by atoms with Crippen LogP contribution in [0.1, 0.15) is 35.2 Å². The summed E-state index contributed by atoms with van der Waals surface area (Å²) in [6.07, 6.45) is 2.70. The van der Waals surface area contributed by atoms with Crippen molar-refractivity contribution < 1.29 is 13.2 Å².